The van der Waals surface area contributed by atoms with E-state index in [0.717, 1.165) is 29.6 Å². The molecule has 3 aromatic rings. The molecule has 2 amide bonds. The molecular formula is C23H27N7O6S. The first-order chi connectivity index (χ1) is 18.7. The molecule has 2 heterocycles. The number of para-hydroxylation sites is 1. The first-order valence-electron chi connectivity index (χ1n) is 12.6. The first-order valence-corrected chi connectivity index (χ1v) is 12.9. The Bertz CT molecular complexity index is 1540. The van der Waals surface area contributed by atoms with E-state index in [4.69, 9.17) is 13.4 Å². The number of anilines is 3. The van der Waals surface area contributed by atoms with Gasteiger partial charge in [0.05, 0.1) is 42.4 Å². The summed E-state index contributed by atoms with van der Waals surface area (Å²) in [4.78, 5) is 33.4. The summed E-state index contributed by atoms with van der Waals surface area (Å²) >= 11 is 0. The number of benzene rings is 1. The highest BCUT2D eigenvalue weighted by Gasteiger charge is 2.30. The topological polar surface area (TPSA) is 169 Å². The monoisotopic (exact) mass is 532 g/mol. The van der Waals surface area contributed by atoms with Crippen molar-refractivity contribution in [2.24, 2.45) is 5.92 Å². The maximum Gasteiger partial charge on any atom is 0.254 e. The smallest absolute Gasteiger partial charge is 0.254 e. The molecule has 1 aliphatic rings. The Labute approximate surface area is 217 Å². The Balaban J connectivity index is 1.68. The van der Waals surface area contributed by atoms with Gasteiger partial charge in [0.15, 0.2) is 5.75 Å². The number of carbonyl (C=O) groups excluding carboxylic acids is 2. The fourth-order valence-electron chi connectivity index (χ4n) is 3.36. The third-order valence-corrected chi connectivity index (χ3v) is 6.84. The van der Waals surface area contributed by atoms with E-state index in [-0.39, 0.29) is 52.9 Å². The van der Waals surface area contributed by atoms with Crippen LogP contribution in [0.2, 0.25) is 0 Å². The van der Waals surface area contributed by atoms with Crippen LogP contribution in [0, 0.1) is 5.92 Å². The third-order valence-electron chi connectivity index (χ3n) is 5.58. The van der Waals surface area contributed by atoms with Crippen LogP contribution >= 0.6 is 0 Å². The van der Waals surface area contributed by atoms with Gasteiger partial charge in [-0.3, -0.25) is 9.59 Å². The average molecular weight is 533 g/mol. The number of rotatable bonds is 10. The minimum absolute atomic E-state index is 0.0529. The lowest BCUT2D eigenvalue weighted by Gasteiger charge is -2.16. The van der Waals surface area contributed by atoms with E-state index in [2.05, 4.69) is 25.8 Å². The van der Waals surface area contributed by atoms with E-state index in [1.165, 1.54) is 20.2 Å². The molecule has 196 valence electrons. The normalized spacial score (nSPS) is 14.9. The molecule has 0 saturated heterocycles. The maximum atomic E-state index is 12.8. The molecule has 13 nitrogen and oxygen atoms in total. The number of hydrogen-bond acceptors (Lipinski definition) is 10. The van der Waals surface area contributed by atoms with Gasteiger partial charge in [-0.2, -0.15) is 9.29 Å². The summed E-state index contributed by atoms with van der Waals surface area (Å²) in [5, 5.41) is 11.6. The Morgan fingerprint density at radius 1 is 1.30 bits per heavy atom. The van der Waals surface area contributed by atoms with Crippen molar-refractivity contribution in [3.05, 3.63) is 41.9 Å². The zero-order valence-electron chi connectivity index (χ0n) is 23.2. The second-order valence-electron chi connectivity index (χ2n) is 8.37. The van der Waals surface area contributed by atoms with Crippen molar-refractivity contribution in [1.29, 1.82) is 0 Å². The van der Waals surface area contributed by atoms with Crippen molar-refractivity contribution in [2.45, 2.75) is 19.4 Å². The van der Waals surface area contributed by atoms with Gasteiger partial charge in [0, 0.05) is 36.3 Å². The zero-order valence-corrected chi connectivity index (χ0v) is 21.0. The van der Waals surface area contributed by atoms with Crippen LogP contribution < -0.4 is 20.7 Å². The Hall–Kier alpha value is -4.04. The molecule has 0 spiro atoms. The molecule has 3 N–H and O–H groups in total. The molecular weight excluding hydrogens is 502 g/mol. The highest BCUT2D eigenvalue weighted by molar-refractivity contribution is 7.88. The number of nitrogens with zero attached hydrogens (tertiary/aromatic N) is 4. The van der Waals surface area contributed by atoms with E-state index in [0.29, 0.717) is 11.3 Å². The molecule has 4 rings (SSSR count). The Morgan fingerprint density at radius 2 is 2.08 bits per heavy atom. The van der Waals surface area contributed by atoms with Crippen molar-refractivity contribution >= 4 is 39.0 Å². The molecule has 37 heavy (non-hydrogen) atoms. The zero-order chi connectivity index (χ0) is 29.2. The van der Waals surface area contributed by atoms with Crippen LogP contribution in [-0.4, -0.2) is 67.1 Å². The van der Waals surface area contributed by atoms with E-state index in [1.54, 1.807) is 18.2 Å². The van der Waals surface area contributed by atoms with Gasteiger partial charge in [-0.25, -0.2) is 13.4 Å². The Kier molecular flexibility index (Phi) is 6.31. The number of carbonyl (C=O) groups is 2. The summed E-state index contributed by atoms with van der Waals surface area (Å²) < 4.78 is 57.5. The van der Waals surface area contributed by atoms with Crippen LogP contribution in [-0.2, 0) is 21.4 Å². The van der Waals surface area contributed by atoms with Gasteiger partial charge in [0.1, 0.15) is 5.82 Å². The van der Waals surface area contributed by atoms with Crippen LogP contribution in [0.1, 0.15) is 33.2 Å². The quantitative estimate of drug-likeness (QED) is 0.351. The standard InChI is InChI=1S/C23H27N7O6S/c1-24-23(32)15-11-25-18(27-22(31)13-8-9-13)10-17(15)26-16-7-5-6-14(20(16)35-3)21-28-19(36-29-21)12-30(2)37(4,33)34/h5-7,10-11,13H,8-9,12H2,1-4H3,(H,24,32)(H2,25,26,27,31)/i1D3. The largest absolute Gasteiger partial charge is 0.494 e. The molecule has 0 atom stereocenters. The number of aromatic nitrogens is 3. The number of sulfonamides is 1. The average Bonchev–Trinajstić information content (AvgIpc) is 3.61. The van der Waals surface area contributed by atoms with Gasteiger partial charge in [0.25, 0.3) is 5.91 Å². The number of hydrogen-bond donors (Lipinski definition) is 3. The van der Waals surface area contributed by atoms with Crippen molar-refractivity contribution < 1.29 is 31.4 Å². The molecule has 0 unspecified atom stereocenters. The SMILES string of the molecule is [2H]C([2H])([2H])NC(=O)c1cnc(NC(=O)C2CC2)cc1Nc1cccc(-c2noc(CN(C)S(C)(=O)=O)n2)c1OC. The molecule has 2 aromatic heterocycles. The fourth-order valence-corrected chi connectivity index (χ4v) is 3.71. The molecule has 1 fully saturated rings. The summed E-state index contributed by atoms with van der Waals surface area (Å²) in [6, 6.07) is 6.34. The van der Waals surface area contributed by atoms with Gasteiger partial charge >= 0.3 is 0 Å². The summed E-state index contributed by atoms with van der Waals surface area (Å²) in [6.45, 7) is -2.88. The van der Waals surface area contributed by atoms with E-state index in [1.807, 2.05) is 5.32 Å². The van der Waals surface area contributed by atoms with Crippen molar-refractivity contribution in [1.82, 2.24) is 24.7 Å². The summed E-state index contributed by atoms with van der Waals surface area (Å²) in [5.41, 5.74) is 0.767. The predicted molar refractivity (Wildman–Crippen MR) is 135 cm³/mol. The van der Waals surface area contributed by atoms with Crippen molar-refractivity contribution in [2.75, 3.05) is 38.0 Å². The molecule has 1 aromatic carbocycles. The van der Waals surface area contributed by atoms with Crippen molar-refractivity contribution in [3.8, 4) is 17.1 Å². The van der Waals surface area contributed by atoms with E-state index in [9.17, 15) is 18.0 Å². The van der Waals surface area contributed by atoms with Crippen LogP contribution in [0.3, 0.4) is 0 Å². The lowest BCUT2D eigenvalue weighted by molar-refractivity contribution is -0.117. The predicted octanol–water partition coefficient (Wildman–Crippen LogP) is 1.98. The molecule has 0 aliphatic heterocycles. The fraction of sp³-hybridized carbons (Fsp3) is 0.348. The number of ether oxygens (including phenoxy) is 1. The number of nitrogens with one attached hydrogen (secondary N) is 3. The van der Waals surface area contributed by atoms with Gasteiger partial charge in [-0.1, -0.05) is 11.2 Å². The Morgan fingerprint density at radius 3 is 2.76 bits per heavy atom. The highest BCUT2D eigenvalue weighted by Crippen LogP contribution is 2.38. The second kappa shape index (κ2) is 10.5. The molecule has 1 aliphatic carbocycles. The molecule has 1 saturated carbocycles. The van der Waals surface area contributed by atoms with E-state index >= 15 is 0 Å². The van der Waals surface area contributed by atoms with Crippen molar-refractivity contribution in [3.63, 3.8) is 0 Å². The van der Waals surface area contributed by atoms with Gasteiger partial charge < -0.3 is 25.2 Å². The van der Waals surface area contributed by atoms with Crippen LogP contribution in [0.5, 0.6) is 5.75 Å². The van der Waals surface area contributed by atoms with Gasteiger partial charge in [-0.15, -0.1) is 0 Å². The highest BCUT2D eigenvalue weighted by atomic mass is 32.2. The lowest BCUT2D eigenvalue weighted by Crippen LogP contribution is -2.25. The summed E-state index contributed by atoms with van der Waals surface area (Å²) in [7, 11) is -0.698. The maximum absolute atomic E-state index is 12.8. The molecule has 14 heteroatoms. The van der Waals surface area contributed by atoms with Crippen LogP contribution in [0.15, 0.2) is 35.0 Å². The van der Waals surface area contributed by atoms with Gasteiger partial charge in [-0.05, 0) is 25.0 Å². The number of methoxy groups -OCH3 is 1. The summed E-state index contributed by atoms with van der Waals surface area (Å²) in [5.74, 6) is -0.630. The minimum atomic E-state index is -3.47. The number of amides is 2. The minimum Gasteiger partial charge on any atom is -0.494 e. The molecule has 0 radical (unpaired) electrons. The summed E-state index contributed by atoms with van der Waals surface area (Å²) in [6.07, 6.45) is 3.77. The second-order valence-corrected chi connectivity index (χ2v) is 10.5. The van der Waals surface area contributed by atoms with Gasteiger partial charge in [0.2, 0.25) is 27.6 Å². The lowest BCUT2D eigenvalue weighted by atomic mass is 10.1. The van der Waals surface area contributed by atoms with Crippen LogP contribution in [0.4, 0.5) is 17.2 Å². The number of pyridine rings is 1. The third kappa shape index (κ3) is 6.03. The van der Waals surface area contributed by atoms with Crippen LogP contribution in [0.25, 0.3) is 11.4 Å². The first kappa shape index (κ1) is 22.2. The van der Waals surface area contributed by atoms with E-state index < -0.39 is 22.9 Å². The molecule has 0 bridgehead atoms.